The molecule has 0 saturated carbocycles. The highest BCUT2D eigenvalue weighted by molar-refractivity contribution is 8.00. The second-order valence-electron chi connectivity index (χ2n) is 6.08. The minimum Gasteiger partial charge on any atom is -0.325 e. The average molecular weight is 367 g/mol. The number of nitrogens with zero attached hydrogens (tertiary/aromatic N) is 2. The molecule has 1 atom stereocenters. The summed E-state index contributed by atoms with van der Waals surface area (Å²) in [5.74, 6) is -0.123. The maximum Gasteiger partial charge on any atom is 0.261 e. The van der Waals surface area contributed by atoms with Gasteiger partial charge in [0.05, 0.1) is 16.2 Å². The fourth-order valence-electron chi connectivity index (χ4n) is 2.58. The highest BCUT2D eigenvalue weighted by Gasteiger charge is 2.18. The van der Waals surface area contributed by atoms with Crippen LogP contribution in [0.25, 0.3) is 10.9 Å². The van der Waals surface area contributed by atoms with Gasteiger partial charge in [0.15, 0.2) is 5.16 Å². The number of anilines is 1. The van der Waals surface area contributed by atoms with Crippen molar-refractivity contribution in [1.82, 2.24) is 9.55 Å². The SMILES string of the molecule is CCc1ccc(NC(=O)C(C)Sc2nc3ccccc3c(=O)n2C)cc1. The maximum atomic E-state index is 12.5. The van der Waals surface area contributed by atoms with Crippen molar-refractivity contribution in [2.45, 2.75) is 30.7 Å². The highest BCUT2D eigenvalue weighted by atomic mass is 32.2. The Kier molecular flexibility index (Phi) is 5.42. The molecule has 1 N–H and O–H groups in total. The van der Waals surface area contributed by atoms with Crippen molar-refractivity contribution in [3.8, 4) is 0 Å². The Balaban J connectivity index is 1.77. The monoisotopic (exact) mass is 367 g/mol. The van der Waals surface area contributed by atoms with E-state index < -0.39 is 0 Å². The van der Waals surface area contributed by atoms with Gasteiger partial charge in [-0.2, -0.15) is 0 Å². The van der Waals surface area contributed by atoms with Gasteiger partial charge < -0.3 is 5.32 Å². The van der Waals surface area contributed by atoms with Gasteiger partial charge in [-0.3, -0.25) is 14.2 Å². The molecule has 0 fully saturated rings. The number of thioether (sulfide) groups is 1. The fourth-order valence-corrected chi connectivity index (χ4v) is 3.46. The Hall–Kier alpha value is -2.60. The summed E-state index contributed by atoms with van der Waals surface area (Å²) in [5.41, 5.74) is 2.52. The zero-order valence-corrected chi connectivity index (χ0v) is 15.8. The topological polar surface area (TPSA) is 64.0 Å². The van der Waals surface area contributed by atoms with Gasteiger partial charge in [-0.15, -0.1) is 0 Å². The number of fused-ring (bicyclic) bond motifs is 1. The summed E-state index contributed by atoms with van der Waals surface area (Å²) in [6.45, 7) is 3.90. The van der Waals surface area contributed by atoms with Gasteiger partial charge in [-0.05, 0) is 43.2 Å². The smallest absolute Gasteiger partial charge is 0.261 e. The van der Waals surface area contributed by atoms with E-state index in [-0.39, 0.29) is 16.7 Å². The Bertz CT molecular complexity index is 996. The van der Waals surface area contributed by atoms with Gasteiger partial charge >= 0.3 is 0 Å². The van der Waals surface area contributed by atoms with Gasteiger partial charge in [0.25, 0.3) is 5.56 Å². The molecule has 6 heteroatoms. The number of para-hydroxylation sites is 1. The highest BCUT2D eigenvalue weighted by Crippen LogP contribution is 2.23. The van der Waals surface area contributed by atoms with Crippen molar-refractivity contribution in [2.75, 3.05) is 5.32 Å². The number of amides is 1. The Morgan fingerprint density at radius 1 is 1.19 bits per heavy atom. The molecule has 5 nitrogen and oxygen atoms in total. The molecule has 0 spiro atoms. The van der Waals surface area contributed by atoms with Crippen LogP contribution in [-0.4, -0.2) is 20.7 Å². The number of benzene rings is 2. The minimum absolute atomic E-state index is 0.110. The summed E-state index contributed by atoms with van der Waals surface area (Å²) in [6.07, 6.45) is 0.960. The molecular weight excluding hydrogens is 346 g/mol. The van der Waals surface area contributed by atoms with Crippen LogP contribution in [0.2, 0.25) is 0 Å². The van der Waals surface area contributed by atoms with Crippen LogP contribution < -0.4 is 10.9 Å². The predicted molar refractivity (Wildman–Crippen MR) is 107 cm³/mol. The van der Waals surface area contributed by atoms with Crippen molar-refractivity contribution >= 4 is 34.3 Å². The Morgan fingerprint density at radius 3 is 2.58 bits per heavy atom. The molecule has 0 aliphatic carbocycles. The Labute approximate surface area is 156 Å². The first-order valence-electron chi connectivity index (χ1n) is 8.52. The molecule has 0 saturated heterocycles. The third-order valence-electron chi connectivity index (χ3n) is 4.22. The number of aryl methyl sites for hydroxylation is 1. The molecule has 1 aromatic heterocycles. The maximum absolute atomic E-state index is 12.5. The third kappa shape index (κ3) is 3.80. The molecule has 0 bridgehead atoms. The second-order valence-corrected chi connectivity index (χ2v) is 7.38. The molecule has 2 aromatic carbocycles. The van der Waals surface area contributed by atoms with Crippen LogP contribution >= 0.6 is 11.8 Å². The lowest BCUT2D eigenvalue weighted by molar-refractivity contribution is -0.115. The minimum atomic E-state index is -0.389. The van der Waals surface area contributed by atoms with E-state index in [1.54, 1.807) is 19.2 Å². The van der Waals surface area contributed by atoms with Crippen molar-refractivity contribution in [3.05, 3.63) is 64.4 Å². The first-order chi connectivity index (χ1) is 12.5. The summed E-state index contributed by atoms with van der Waals surface area (Å²) in [7, 11) is 1.68. The van der Waals surface area contributed by atoms with Crippen LogP contribution in [0.15, 0.2) is 58.5 Å². The number of aromatic nitrogens is 2. The molecule has 1 amide bonds. The first-order valence-corrected chi connectivity index (χ1v) is 9.39. The van der Waals surface area contributed by atoms with Gasteiger partial charge in [0, 0.05) is 12.7 Å². The zero-order valence-electron chi connectivity index (χ0n) is 15.0. The summed E-state index contributed by atoms with van der Waals surface area (Å²) in [5, 5.41) is 3.62. The summed E-state index contributed by atoms with van der Waals surface area (Å²) >= 11 is 1.27. The van der Waals surface area contributed by atoms with E-state index in [2.05, 4.69) is 17.2 Å². The third-order valence-corrected chi connectivity index (χ3v) is 5.37. The molecule has 3 rings (SSSR count). The van der Waals surface area contributed by atoms with Gasteiger partial charge in [-0.25, -0.2) is 4.98 Å². The summed E-state index contributed by atoms with van der Waals surface area (Å²) in [6, 6.07) is 15.0. The van der Waals surface area contributed by atoms with Crippen LogP contribution in [0.1, 0.15) is 19.4 Å². The number of hydrogen-bond acceptors (Lipinski definition) is 4. The average Bonchev–Trinajstić information content (AvgIpc) is 2.66. The summed E-state index contributed by atoms with van der Waals surface area (Å²) < 4.78 is 1.49. The van der Waals surface area contributed by atoms with E-state index in [1.165, 1.54) is 21.9 Å². The van der Waals surface area contributed by atoms with E-state index in [4.69, 9.17) is 0 Å². The van der Waals surface area contributed by atoms with E-state index in [0.29, 0.717) is 16.1 Å². The Morgan fingerprint density at radius 2 is 1.88 bits per heavy atom. The molecule has 1 unspecified atom stereocenters. The zero-order chi connectivity index (χ0) is 18.7. The van der Waals surface area contributed by atoms with Gasteiger partial charge in [0.1, 0.15) is 0 Å². The van der Waals surface area contributed by atoms with Crippen LogP contribution in [0, 0.1) is 0 Å². The molecule has 134 valence electrons. The molecular formula is C20H21N3O2S. The van der Waals surface area contributed by atoms with Crippen LogP contribution in [0.5, 0.6) is 0 Å². The molecule has 26 heavy (non-hydrogen) atoms. The van der Waals surface area contributed by atoms with Crippen molar-refractivity contribution < 1.29 is 4.79 Å². The largest absolute Gasteiger partial charge is 0.325 e. The number of rotatable bonds is 5. The summed E-state index contributed by atoms with van der Waals surface area (Å²) in [4.78, 5) is 29.5. The lowest BCUT2D eigenvalue weighted by Crippen LogP contribution is -2.25. The van der Waals surface area contributed by atoms with E-state index in [1.807, 2.05) is 43.3 Å². The van der Waals surface area contributed by atoms with Crippen LogP contribution in [0.3, 0.4) is 0 Å². The van der Waals surface area contributed by atoms with E-state index in [9.17, 15) is 9.59 Å². The number of carbonyl (C=O) groups excluding carboxylic acids is 1. The van der Waals surface area contributed by atoms with E-state index >= 15 is 0 Å². The van der Waals surface area contributed by atoms with Gasteiger partial charge in [-0.1, -0.05) is 43.0 Å². The molecule has 3 aromatic rings. The van der Waals surface area contributed by atoms with Crippen LogP contribution in [0.4, 0.5) is 5.69 Å². The molecule has 1 heterocycles. The number of carbonyl (C=O) groups is 1. The van der Waals surface area contributed by atoms with E-state index in [0.717, 1.165) is 12.1 Å². The van der Waals surface area contributed by atoms with Crippen molar-refractivity contribution in [2.24, 2.45) is 7.05 Å². The predicted octanol–water partition coefficient (Wildman–Crippen LogP) is 3.62. The lowest BCUT2D eigenvalue weighted by atomic mass is 10.1. The quantitative estimate of drug-likeness (QED) is 0.553. The van der Waals surface area contributed by atoms with Crippen molar-refractivity contribution in [3.63, 3.8) is 0 Å². The first kappa shape index (κ1) is 18.2. The number of hydrogen-bond donors (Lipinski definition) is 1. The second kappa shape index (κ2) is 7.74. The van der Waals surface area contributed by atoms with Crippen LogP contribution in [-0.2, 0) is 18.3 Å². The van der Waals surface area contributed by atoms with Crippen molar-refractivity contribution in [1.29, 1.82) is 0 Å². The molecule has 0 aliphatic heterocycles. The molecule has 0 radical (unpaired) electrons. The standard InChI is InChI=1S/C20H21N3O2S/c1-4-14-9-11-15(12-10-14)21-18(24)13(2)26-20-22-17-8-6-5-7-16(17)19(25)23(20)3/h5-13H,4H2,1-3H3,(H,21,24). The normalized spacial score (nSPS) is 12.1. The molecule has 0 aliphatic rings. The lowest BCUT2D eigenvalue weighted by Gasteiger charge is -2.14. The number of nitrogens with one attached hydrogen (secondary N) is 1. The fraction of sp³-hybridized carbons (Fsp3) is 0.250. The van der Waals surface area contributed by atoms with Gasteiger partial charge in [0.2, 0.25) is 5.91 Å².